The van der Waals surface area contributed by atoms with Crippen LogP contribution in [0.5, 0.6) is 0 Å². The Hall–Kier alpha value is -0.830. The lowest BCUT2D eigenvalue weighted by molar-refractivity contribution is 0.0132. The van der Waals surface area contributed by atoms with Crippen molar-refractivity contribution in [2.24, 2.45) is 10.9 Å². The molecule has 2 rings (SSSR count). The predicted molar refractivity (Wildman–Crippen MR) is 112 cm³/mol. The number of rotatable bonds is 10. The number of aromatic nitrogens is 1. The summed E-state index contributed by atoms with van der Waals surface area (Å²) in [6.07, 6.45) is 4.14. The van der Waals surface area contributed by atoms with Crippen LogP contribution in [0.1, 0.15) is 26.7 Å². The molecule has 0 spiro atoms. The summed E-state index contributed by atoms with van der Waals surface area (Å²) in [5, 5.41) is 8.96. The summed E-state index contributed by atoms with van der Waals surface area (Å²) in [5.41, 5.74) is 0. The third-order valence-corrected chi connectivity index (χ3v) is 6.34. The Morgan fingerprint density at radius 3 is 2.85 bits per heavy atom. The van der Waals surface area contributed by atoms with Crippen LogP contribution < -0.4 is 10.6 Å². The first kappa shape index (κ1) is 21.5. The van der Waals surface area contributed by atoms with Gasteiger partial charge in [0.2, 0.25) is 0 Å². The Morgan fingerprint density at radius 1 is 1.38 bits per heavy atom. The topological polar surface area (TPSA) is 61.8 Å². The van der Waals surface area contributed by atoms with Crippen molar-refractivity contribution in [3.05, 3.63) is 11.6 Å². The van der Waals surface area contributed by atoms with Crippen molar-refractivity contribution < 1.29 is 4.74 Å². The Morgan fingerprint density at radius 2 is 2.19 bits per heavy atom. The molecule has 0 saturated carbocycles. The first-order chi connectivity index (χ1) is 12.7. The van der Waals surface area contributed by atoms with Crippen molar-refractivity contribution in [3.8, 4) is 0 Å². The van der Waals surface area contributed by atoms with Crippen LogP contribution in [0, 0.1) is 5.92 Å². The molecule has 8 heteroatoms. The van der Waals surface area contributed by atoms with Crippen molar-refractivity contribution in [1.82, 2.24) is 20.5 Å². The molecule has 0 aromatic carbocycles. The summed E-state index contributed by atoms with van der Waals surface area (Å²) in [5.74, 6) is 2.65. The van der Waals surface area contributed by atoms with E-state index in [0.29, 0.717) is 12.0 Å². The number of thiazole rings is 1. The lowest BCUT2D eigenvalue weighted by atomic mass is 10.0. The van der Waals surface area contributed by atoms with Crippen molar-refractivity contribution in [2.45, 2.75) is 37.1 Å². The molecule has 0 radical (unpaired) electrons. The second kappa shape index (κ2) is 12.5. The number of ether oxygens (including phenoxy) is 1. The van der Waals surface area contributed by atoms with Gasteiger partial charge in [0.1, 0.15) is 4.34 Å². The molecule has 1 aromatic heterocycles. The van der Waals surface area contributed by atoms with Crippen molar-refractivity contribution in [2.75, 3.05) is 52.2 Å². The SMILES string of the molecule is CN=C(NCCCSc1nccs1)NCC(CC(C)C)N1CCOCC1. The number of guanidine groups is 1. The van der Waals surface area contributed by atoms with E-state index in [-0.39, 0.29) is 0 Å². The highest BCUT2D eigenvalue weighted by Crippen LogP contribution is 2.20. The summed E-state index contributed by atoms with van der Waals surface area (Å²) < 4.78 is 6.65. The van der Waals surface area contributed by atoms with Crippen LogP contribution in [0.25, 0.3) is 0 Å². The van der Waals surface area contributed by atoms with E-state index in [4.69, 9.17) is 4.74 Å². The molecule has 2 N–H and O–H groups in total. The highest BCUT2D eigenvalue weighted by Gasteiger charge is 2.22. The molecule has 1 unspecified atom stereocenters. The van der Waals surface area contributed by atoms with Crippen LogP contribution in [0.2, 0.25) is 0 Å². The monoisotopic (exact) mass is 399 g/mol. The Labute approximate surface area is 166 Å². The van der Waals surface area contributed by atoms with Gasteiger partial charge in [-0.3, -0.25) is 9.89 Å². The molecule has 2 heterocycles. The quantitative estimate of drug-likeness (QED) is 0.273. The first-order valence-electron chi connectivity index (χ1n) is 9.47. The minimum Gasteiger partial charge on any atom is -0.379 e. The van der Waals surface area contributed by atoms with Gasteiger partial charge in [0.25, 0.3) is 0 Å². The summed E-state index contributed by atoms with van der Waals surface area (Å²) in [6.45, 7) is 10.2. The lowest BCUT2D eigenvalue weighted by Crippen LogP contribution is -2.51. The summed E-state index contributed by atoms with van der Waals surface area (Å²) in [6, 6.07) is 0.526. The van der Waals surface area contributed by atoms with Crippen LogP contribution in [0.3, 0.4) is 0 Å². The highest BCUT2D eigenvalue weighted by atomic mass is 32.2. The molecule has 26 heavy (non-hydrogen) atoms. The fourth-order valence-corrected chi connectivity index (χ4v) is 4.65. The maximum absolute atomic E-state index is 5.50. The second-order valence-electron chi connectivity index (χ2n) is 6.81. The fourth-order valence-electron chi connectivity index (χ4n) is 3.00. The molecule has 6 nitrogen and oxygen atoms in total. The number of hydrogen-bond acceptors (Lipinski definition) is 6. The van der Waals surface area contributed by atoms with Crippen molar-refractivity contribution in [3.63, 3.8) is 0 Å². The zero-order valence-corrected chi connectivity index (χ0v) is 17.9. The fraction of sp³-hybridized carbons (Fsp3) is 0.778. The van der Waals surface area contributed by atoms with E-state index in [1.54, 1.807) is 11.3 Å². The number of nitrogens with zero attached hydrogens (tertiary/aromatic N) is 3. The number of morpholine rings is 1. The molecule has 1 saturated heterocycles. The molecule has 0 aliphatic carbocycles. The molecule has 148 valence electrons. The maximum Gasteiger partial charge on any atom is 0.191 e. The van der Waals surface area contributed by atoms with Gasteiger partial charge in [0.15, 0.2) is 5.96 Å². The molecule has 1 aliphatic heterocycles. The van der Waals surface area contributed by atoms with Crippen LogP contribution in [0.15, 0.2) is 20.9 Å². The number of hydrogen-bond donors (Lipinski definition) is 2. The van der Waals surface area contributed by atoms with Crippen molar-refractivity contribution in [1.29, 1.82) is 0 Å². The Balaban J connectivity index is 1.67. The van der Waals surface area contributed by atoms with Gasteiger partial charge in [-0.15, -0.1) is 11.3 Å². The van der Waals surface area contributed by atoms with Crippen molar-refractivity contribution >= 4 is 29.1 Å². The van der Waals surface area contributed by atoms with Gasteiger partial charge in [0, 0.05) is 56.6 Å². The molecule has 1 aromatic rings. The molecule has 0 bridgehead atoms. The van der Waals surface area contributed by atoms with Gasteiger partial charge in [-0.25, -0.2) is 4.98 Å². The molecular weight excluding hydrogens is 366 g/mol. The number of nitrogens with one attached hydrogen (secondary N) is 2. The summed E-state index contributed by atoms with van der Waals surface area (Å²) in [7, 11) is 1.84. The zero-order valence-electron chi connectivity index (χ0n) is 16.2. The normalized spacial score (nSPS) is 17.5. The number of thioether (sulfide) groups is 1. The molecule has 1 aliphatic rings. The van der Waals surface area contributed by atoms with E-state index >= 15 is 0 Å². The molecular formula is C18H33N5OS2. The van der Waals surface area contributed by atoms with Gasteiger partial charge in [0.05, 0.1) is 13.2 Å². The minimum atomic E-state index is 0.526. The van der Waals surface area contributed by atoms with E-state index in [1.807, 2.05) is 30.4 Å². The smallest absolute Gasteiger partial charge is 0.191 e. The van der Waals surface area contributed by atoms with Gasteiger partial charge in [-0.05, 0) is 18.8 Å². The van der Waals surface area contributed by atoms with Crippen LogP contribution in [-0.4, -0.2) is 74.1 Å². The molecule has 1 atom stereocenters. The predicted octanol–water partition coefficient (Wildman–Crippen LogP) is 2.54. The van der Waals surface area contributed by atoms with Gasteiger partial charge >= 0.3 is 0 Å². The van der Waals surface area contributed by atoms with Crippen LogP contribution in [0.4, 0.5) is 0 Å². The third-order valence-electron chi connectivity index (χ3n) is 4.28. The Kier molecular flexibility index (Phi) is 10.4. The first-order valence-corrected chi connectivity index (χ1v) is 11.3. The second-order valence-corrected chi connectivity index (χ2v) is 9.05. The maximum atomic E-state index is 5.50. The van der Waals surface area contributed by atoms with Gasteiger partial charge in [-0.2, -0.15) is 0 Å². The molecule has 1 fully saturated rings. The average molecular weight is 400 g/mol. The lowest BCUT2D eigenvalue weighted by Gasteiger charge is -2.35. The van der Waals surface area contributed by atoms with Crippen LogP contribution >= 0.6 is 23.1 Å². The van der Waals surface area contributed by atoms with E-state index in [1.165, 1.54) is 6.42 Å². The largest absolute Gasteiger partial charge is 0.379 e. The van der Waals surface area contributed by atoms with Gasteiger partial charge < -0.3 is 15.4 Å². The Bertz CT molecular complexity index is 504. The van der Waals surface area contributed by atoms with Crippen LogP contribution in [-0.2, 0) is 4.74 Å². The summed E-state index contributed by atoms with van der Waals surface area (Å²) in [4.78, 5) is 11.2. The van der Waals surface area contributed by atoms with E-state index < -0.39 is 0 Å². The highest BCUT2D eigenvalue weighted by molar-refractivity contribution is 8.00. The molecule has 0 amide bonds. The minimum absolute atomic E-state index is 0.526. The third kappa shape index (κ3) is 8.24. The van der Waals surface area contributed by atoms with Gasteiger partial charge in [-0.1, -0.05) is 25.6 Å². The van der Waals surface area contributed by atoms with E-state index in [9.17, 15) is 0 Å². The standard InChI is InChI=1S/C18H33N5OS2/c1-15(2)13-16(23-7-9-24-10-8-23)14-22-17(19-3)20-5-4-11-25-18-21-6-12-26-18/h6,12,15-16H,4-5,7-11,13-14H2,1-3H3,(H2,19,20,22). The zero-order chi connectivity index (χ0) is 18.6. The van der Waals surface area contributed by atoms with E-state index in [2.05, 4.69) is 39.4 Å². The average Bonchev–Trinajstić information content (AvgIpc) is 3.16. The summed E-state index contributed by atoms with van der Waals surface area (Å²) >= 11 is 3.52. The van der Waals surface area contributed by atoms with E-state index in [0.717, 1.165) is 61.9 Å². The number of aliphatic imine (C=N–C) groups is 1.